The molecule has 0 radical (unpaired) electrons. The maximum absolute atomic E-state index is 14.8. The first-order valence-corrected chi connectivity index (χ1v) is 19.6. The van der Waals surface area contributed by atoms with Crippen molar-refractivity contribution in [3.8, 4) is 0 Å². The molecule has 0 aromatic heterocycles. The lowest BCUT2D eigenvalue weighted by molar-refractivity contribution is -0.144. The quantitative estimate of drug-likeness (QED) is 0.0838. The van der Waals surface area contributed by atoms with Crippen molar-refractivity contribution in [2.45, 2.75) is 77.7 Å². The van der Waals surface area contributed by atoms with E-state index in [-0.39, 0.29) is 12.8 Å². The molecule has 6 heteroatoms. The first-order chi connectivity index (χ1) is 27.2. The standard InChI is InChI=1S/C51H54N2O4/c1-35-17-25-41(26-18-35)50(56,42-27-19-36(2)20-28-42)45(33-39-13-9-7-10-14-39)52-47(54)49(5,6)48(55)53-46(34-40-15-11-8-12-16-40)51(57,43-29-21-37(3)22-30-43)44-31-23-38(4)24-32-44/h7-32,45-46,56-57H,33-34H2,1-6H3,(H,52,54)(H,53,55)/t45-,46-/m0/s1. The molecule has 0 aliphatic carbocycles. The zero-order valence-corrected chi connectivity index (χ0v) is 33.8. The van der Waals surface area contributed by atoms with Crippen molar-refractivity contribution >= 4 is 11.8 Å². The summed E-state index contributed by atoms with van der Waals surface area (Å²) < 4.78 is 0. The van der Waals surface area contributed by atoms with E-state index in [1.54, 1.807) is 13.8 Å². The number of carbonyl (C=O) groups excluding carboxylic acids is 2. The topological polar surface area (TPSA) is 98.7 Å². The molecule has 0 spiro atoms. The fourth-order valence-corrected chi connectivity index (χ4v) is 7.46. The first kappa shape index (κ1) is 40.8. The second-order valence-electron chi connectivity index (χ2n) is 16.1. The number of hydrogen-bond donors (Lipinski definition) is 4. The summed E-state index contributed by atoms with van der Waals surface area (Å²) in [6.45, 7) is 11.1. The molecule has 2 atom stereocenters. The summed E-state index contributed by atoms with van der Waals surface area (Å²) in [7, 11) is 0. The first-order valence-electron chi connectivity index (χ1n) is 19.6. The van der Waals surface area contributed by atoms with E-state index in [0.29, 0.717) is 22.3 Å². The molecule has 0 heterocycles. The van der Waals surface area contributed by atoms with E-state index in [1.807, 2.05) is 185 Å². The van der Waals surface area contributed by atoms with Crippen molar-refractivity contribution in [1.82, 2.24) is 10.6 Å². The van der Waals surface area contributed by atoms with Gasteiger partial charge in [-0.25, -0.2) is 0 Å². The summed E-state index contributed by atoms with van der Waals surface area (Å²) in [6, 6.07) is 48.4. The third kappa shape index (κ3) is 8.93. The Balaban J connectivity index is 1.40. The van der Waals surface area contributed by atoms with Crippen LogP contribution in [0.2, 0.25) is 0 Å². The van der Waals surface area contributed by atoms with Crippen LogP contribution in [0.3, 0.4) is 0 Å². The number of nitrogens with one attached hydrogen (secondary N) is 2. The van der Waals surface area contributed by atoms with Gasteiger partial charge in [-0.05, 0) is 87.8 Å². The highest BCUT2D eigenvalue weighted by molar-refractivity contribution is 6.04. The fraction of sp³-hybridized carbons (Fsp3) is 0.255. The van der Waals surface area contributed by atoms with Gasteiger partial charge >= 0.3 is 0 Å². The molecule has 0 bridgehead atoms. The molecular weight excluding hydrogens is 705 g/mol. The summed E-state index contributed by atoms with van der Waals surface area (Å²) in [5, 5.41) is 32.5. The van der Waals surface area contributed by atoms with Gasteiger partial charge in [-0.2, -0.15) is 0 Å². The van der Waals surface area contributed by atoms with E-state index in [9.17, 15) is 19.8 Å². The lowest BCUT2D eigenvalue weighted by Gasteiger charge is -2.41. The predicted octanol–water partition coefficient (Wildman–Crippen LogP) is 8.57. The number of benzene rings is 6. The van der Waals surface area contributed by atoms with Gasteiger partial charge in [0, 0.05) is 0 Å². The number of amides is 2. The minimum absolute atomic E-state index is 0.278. The van der Waals surface area contributed by atoms with Gasteiger partial charge in [0.25, 0.3) is 0 Å². The largest absolute Gasteiger partial charge is 0.378 e. The van der Waals surface area contributed by atoms with Crippen LogP contribution in [0, 0.1) is 33.1 Å². The van der Waals surface area contributed by atoms with Crippen molar-refractivity contribution in [2.75, 3.05) is 0 Å². The molecular formula is C51H54N2O4. The Morgan fingerprint density at radius 3 is 0.930 bits per heavy atom. The van der Waals surface area contributed by atoms with Crippen molar-refractivity contribution in [3.63, 3.8) is 0 Å². The molecule has 292 valence electrons. The molecule has 0 unspecified atom stereocenters. The maximum atomic E-state index is 14.8. The average molecular weight is 759 g/mol. The van der Waals surface area contributed by atoms with Gasteiger partial charge in [0.2, 0.25) is 11.8 Å². The normalized spacial score (nSPS) is 13.1. The number of hydrogen-bond acceptors (Lipinski definition) is 4. The molecule has 2 amide bonds. The van der Waals surface area contributed by atoms with Crippen LogP contribution in [-0.4, -0.2) is 34.1 Å². The molecule has 0 aliphatic heterocycles. The van der Waals surface area contributed by atoms with E-state index >= 15 is 0 Å². The summed E-state index contributed by atoms with van der Waals surface area (Å²) in [4.78, 5) is 29.6. The Hall–Kier alpha value is -5.82. The van der Waals surface area contributed by atoms with E-state index < -0.39 is 40.5 Å². The second kappa shape index (κ2) is 17.1. The zero-order valence-electron chi connectivity index (χ0n) is 33.8. The van der Waals surface area contributed by atoms with Crippen LogP contribution in [0.1, 0.15) is 69.5 Å². The summed E-state index contributed by atoms with van der Waals surface area (Å²) >= 11 is 0. The van der Waals surface area contributed by atoms with E-state index in [4.69, 9.17) is 0 Å². The molecule has 6 aromatic carbocycles. The Labute approximate surface area is 337 Å². The van der Waals surface area contributed by atoms with Gasteiger partial charge < -0.3 is 20.8 Å². The van der Waals surface area contributed by atoms with Gasteiger partial charge in [0.15, 0.2) is 0 Å². The van der Waals surface area contributed by atoms with Crippen LogP contribution in [-0.2, 0) is 33.6 Å². The van der Waals surface area contributed by atoms with E-state index in [1.165, 1.54) is 0 Å². The average Bonchev–Trinajstić information content (AvgIpc) is 3.21. The van der Waals surface area contributed by atoms with Gasteiger partial charge in [-0.15, -0.1) is 0 Å². The number of rotatable bonds is 14. The molecule has 6 aromatic rings. The van der Waals surface area contributed by atoms with Crippen LogP contribution in [0.4, 0.5) is 0 Å². The van der Waals surface area contributed by atoms with Crippen molar-refractivity contribution < 1.29 is 19.8 Å². The number of aliphatic hydroxyl groups is 2. The predicted molar refractivity (Wildman–Crippen MR) is 229 cm³/mol. The minimum atomic E-state index is -1.67. The highest BCUT2D eigenvalue weighted by Crippen LogP contribution is 2.38. The molecule has 6 nitrogen and oxygen atoms in total. The number of carbonyl (C=O) groups is 2. The van der Waals surface area contributed by atoms with Crippen LogP contribution < -0.4 is 10.6 Å². The van der Waals surface area contributed by atoms with Crippen LogP contribution in [0.5, 0.6) is 0 Å². The van der Waals surface area contributed by atoms with E-state index in [0.717, 1.165) is 33.4 Å². The highest BCUT2D eigenvalue weighted by atomic mass is 16.3. The molecule has 0 fully saturated rings. The Morgan fingerprint density at radius 1 is 0.439 bits per heavy atom. The molecule has 0 aliphatic rings. The van der Waals surface area contributed by atoms with Crippen LogP contribution in [0.15, 0.2) is 158 Å². The van der Waals surface area contributed by atoms with E-state index in [2.05, 4.69) is 10.6 Å². The highest BCUT2D eigenvalue weighted by Gasteiger charge is 2.47. The number of aryl methyl sites for hydroxylation is 4. The third-order valence-electron chi connectivity index (χ3n) is 11.3. The smallest absolute Gasteiger partial charge is 0.235 e. The fourth-order valence-electron chi connectivity index (χ4n) is 7.46. The lowest BCUT2D eigenvalue weighted by Crippen LogP contribution is -2.60. The van der Waals surface area contributed by atoms with Crippen molar-refractivity contribution in [1.29, 1.82) is 0 Å². The van der Waals surface area contributed by atoms with Gasteiger partial charge in [-0.1, -0.05) is 180 Å². The molecule has 0 saturated carbocycles. The summed E-state index contributed by atoms with van der Waals surface area (Å²) in [5.41, 5.74) is 3.43. The maximum Gasteiger partial charge on any atom is 0.235 e. The third-order valence-corrected chi connectivity index (χ3v) is 11.3. The van der Waals surface area contributed by atoms with Crippen molar-refractivity contribution in [3.05, 3.63) is 213 Å². The summed E-state index contributed by atoms with van der Waals surface area (Å²) in [6.07, 6.45) is 0.555. The van der Waals surface area contributed by atoms with Gasteiger partial charge in [-0.3, -0.25) is 9.59 Å². The Kier molecular flexibility index (Phi) is 12.3. The monoisotopic (exact) mass is 758 g/mol. The van der Waals surface area contributed by atoms with Gasteiger partial charge in [0.05, 0.1) is 12.1 Å². The SMILES string of the molecule is Cc1ccc(C(O)(c2ccc(C)cc2)[C@H](Cc2ccccc2)NC(=O)C(C)(C)C(=O)N[C@@H](Cc2ccccc2)C(O)(c2ccc(C)cc2)c2ccc(C)cc2)cc1. The molecule has 6 rings (SSSR count). The Morgan fingerprint density at radius 2 is 0.684 bits per heavy atom. The molecule has 57 heavy (non-hydrogen) atoms. The Bertz CT molecular complexity index is 2000. The zero-order chi connectivity index (χ0) is 40.8. The minimum Gasteiger partial charge on any atom is -0.378 e. The van der Waals surface area contributed by atoms with Crippen molar-refractivity contribution in [2.24, 2.45) is 5.41 Å². The summed E-state index contributed by atoms with van der Waals surface area (Å²) in [5.74, 6) is -1.13. The second-order valence-corrected chi connectivity index (χ2v) is 16.1. The molecule has 4 N–H and O–H groups in total. The lowest BCUT2D eigenvalue weighted by atomic mass is 9.76. The van der Waals surface area contributed by atoms with Crippen LogP contribution in [0.25, 0.3) is 0 Å². The molecule has 0 saturated heterocycles. The van der Waals surface area contributed by atoms with Gasteiger partial charge in [0.1, 0.15) is 16.6 Å². The van der Waals surface area contributed by atoms with Crippen LogP contribution >= 0.6 is 0 Å².